The van der Waals surface area contributed by atoms with Crippen LogP contribution in [-0.4, -0.2) is 30.2 Å². The van der Waals surface area contributed by atoms with Crippen molar-refractivity contribution in [3.05, 3.63) is 52.7 Å². The number of aromatic nitrogens is 1. The molecule has 24 heavy (non-hydrogen) atoms. The smallest absolute Gasteiger partial charge is 0.257 e. The SMILES string of the molecule is Cc1c(Cl)cccc1NC(=O)c1ccc(OC2CCOCC2)nc1. The lowest BCUT2D eigenvalue weighted by Gasteiger charge is -2.22. The monoisotopic (exact) mass is 346 g/mol. The number of benzene rings is 1. The molecule has 0 spiro atoms. The van der Waals surface area contributed by atoms with E-state index < -0.39 is 0 Å². The van der Waals surface area contributed by atoms with Crippen LogP contribution in [0.25, 0.3) is 0 Å². The summed E-state index contributed by atoms with van der Waals surface area (Å²) in [5.74, 6) is 0.294. The van der Waals surface area contributed by atoms with E-state index in [-0.39, 0.29) is 12.0 Å². The van der Waals surface area contributed by atoms with Crippen molar-refractivity contribution in [3.8, 4) is 5.88 Å². The van der Waals surface area contributed by atoms with Gasteiger partial charge in [0.2, 0.25) is 5.88 Å². The van der Waals surface area contributed by atoms with Gasteiger partial charge in [0.25, 0.3) is 5.91 Å². The molecule has 0 unspecified atom stereocenters. The van der Waals surface area contributed by atoms with Crippen LogP contribution in [0.15, 0.2) is 36.5 Å². The van der Waals surface area contributed by atoms with Gasteiger partial charge in [-0.15, -0.1) is 0 Å². The van der Waals surface area contributed by atoms with E-state index in [1.54, 1.807) is 24.3 Å². The Labute approximate surface area is 145 Å². The number of amides is 1. The maximum atomic E-state index is 12.3. The zero-order valence-corrected chi connectivity index (χ0v) is 14.2. The minimum absolute atomic E-state index is 0.125. The van der Waals surface area contributed by atoms with Crippen LogP contribution >= 0.6 is 11.6 Å². The zero-order valence-electron chi connectivity index (χ0n) is 13.4. The second kappa shape index (κ2) is 7.64. The molecule has 1 fully saturated rings. The fourth-order valence-electron chi connectivity index (χ4n) is 2.49. The molecule has 126 valence electrons. The summed E-state index contributed by atoms with van der Waals surface area (Å²) in [5.41, 5.74) is 1.99. The van der Waals surface area contributed by atoms with Crippen LogP contribution in [-0.2, 0) is 4.74 Å². The van der Waals surface area contributed by atoms with Gasteiger partial charge in [0.05, 0.1) is 18.8 Å². The first kappa shape index (κ1) is 16.7. The number of rotatable bonds is 4. The highest BCUT2D eigenvalue weighted by Crippen LogP contribution is 2.23. The number of halogens is 1. The van der Waals surface area contributed by atoms with Gasteiger partial charge < -0.3 is 14.8 Å². The van der Waals surface area contributed by atoms with Crippen molar-refractivity contribution >= 4 is 23.2 Å². The molecule has 0 saturated carbocycles. The van der Waals surface area contributed by atoms with Crippen LogP contribution in [0.4, 0.5) is 5.69 Å². The summed E-state index contributed by atoms with van der Waals surface area (Å²) in [5, 5.41) is 3.46. The number of hydrogen-bond acceptors (Lipinski definition) is 4. The largest absolute Gasteiger partial charge is 0.474 e. The maximum absolute atomic E-state index is 12.3. The highest BCUT2D eigenvalue weighted by atomic mass is 35.5. The Hall–Kier alpha value is -2.11. The summed E-state index contributed by atoms with van der Waals surface area (Å²) in [6.07, 6.45) is 3.36. The first-order valence-corrected chi connectivity index (χ1v) is 8.28. The minimum Gasteiger partial charge on any atom is -0.474 e. The molecular weight excluding hydrogens is 328 g/mol. The normalized spacial score (nSPS) is 15.1. The number of anilines is 1. The summed E-state index contributed by atoms with van der Waals surface area (Å²) in [6.45, 7) is 3.29. The Kier molecular flexibility index (Phi) is 5.33. The molecule has 3 rings (SSSR count). The number of carbonyl (C=O) groups excluding carboxylic acids is 1. The fourth-order valence-corrected chi connectivity index (χ4v) is 2.66. The Bertz CT molecular complexity index is 713. The molecular formula is C18H19ClN2O3. The predicted molar refractivity (Wildman–Crippen MR) is 92.8 cm³/mol. The molecule has 6 heteroatoms. The van der Waals surface area contributed by atoms with E-state index >= 15 is 0 Å². The highest BCUT2D eigenvalue weighted by Gasteiger charge is 2.16. The number of pyridine rings is 1. The van der Waals surface area contributed by atoms with E-state index in [2.05, 4.69) is 10.3 Å². The van der Waals surface area contributed by atoms with Crippen molar-refractivity contribution in [2.24, 2.45) is 0 Å². The van der Waals surface area contributed by atoms with Crippen LogP contribution in [0.3, 0.4) is 0 Å². The minimum atomic E-state index is -0.231. The molecule has 0 aliphatic carbocycles. The van der Waals surface area contributed by atoms with Crippen LogP contribution in [0, 0.1) is 6.92 Å². The van der Waals surface area contributed by atoms with E-state index in [0.29, 0.717) is 35.4 Å². The number of ether oxygens (including phenoxy) is 2. The Morgan fingerprint density at radius 1 is 1.29 bits per heavy atom. The third-order valence-electron chi connectivity index (χ3n) is 3.97. The lowest BCUT2D eigenvalue weighted by Crippen LogP contribution is -2.26. The zero-order chi connectivity index (χ0) is 16.9. The van der Waals surface area contributed by atoms with Gasteiger partial charge in [-0.1, -0.05) is 17.7 Å². The molecule has 1 aromatic heterocycles. The van der Waals surface area contributed by atoms with Gasteiger partial charge in [0.15, 0.2) is 0 Å². The van der Waals surface area contributed by atoms with Crippen LogP contribution in [0.5, 0.6) is 5.88 Å². The van der Waals surface area contributed by atoms with Gasteiger partial charge in [-0.25, -0.2) is 4.98 Å². The van der Waals surface area contributed by atoms with Gasteiger partial charge in [-0.3, -0.25) is 4.79 Å². The molecule has 0 bridgehead atoms. The molecule has 1 aliphatic heterocycles. The summed E-state index contributed by atoms with van der Waals surface area (Å²) in [6, 6.07) is 8.83. The first-order valence-electron chi connectivity index (χ1n) is 7.90. The van der Waals surface area contributed by atoms with Crippen LogP contribution in [0.1, 0.15) is 28.8 Å². The Balaban J connectivity index is 1.64. The lowest BCUT2D eigenvalue weighted by molar-refractivity contribution is 0.0237. The summed E-state index contributed by atoms with van der Waals surface area (Å²) >= 11 is 6.07. The van der Waals surface area contributed by atoms with E-state index in [4.69, 9.17) is 21.1 Å². The number of carbonyl (C=O) groups is 1. The first-order chi connectivity index (χ1) is 11.6. The lowest BCUT2D eigenvalue weighted by atomic mass is 10.1. The predicted octanol–water partition coefficient (Wildman–Crippen LogP) is 3.85. The number of nitrogens with zero attached hydrogens (tertiary/aromatic N) is 1. The molecule has 2 heterocycles. The molecule has 1 amide bonds. The van der Waals surface area contributed by atoms with Gasteiger partial charge in [0, 0.05) is 35.8 Å². The molecule has 1 aliphatic rings. The second-order valence-electron chi connectivity index (χ2n) is 5.68. The molecule has 2 aromatic rings. The third-order valence-corrected chi connectivity index (χ3v) is 4.38. The average Bonchev–Trinajstić information content (AvgIpc) is 2.60. The number of hydrogen-bond donors (Lipinski definition) is 1. The maximum Gasteiger partial charge on any atom is 0.257 e. The molecule has 1 aromatic carbocycles. The van der Waals surface area contributed by atoms with Crippen molar-refractivity contribution in [1.29, 1.82) is 0 Å². The van der Waals surface area contributed by atoms with Crippen molar-refractivity contribution in [1.82, 2.24) is 4.98 Å². The Morgan fingerprint density at radius 2 is 2.08 bits per heavy atom. The van der Waals surface area contributed by atoms with Gasteiger partial charge in [-0.2, -0.15) is 0 Å². The van der Waals surface area contributed by atoms with Crippen molar-refractivity contribution < 1.29 is 14.3 Å². The summed E-state index contributed by atoms with van der Waals surface area (Å²) in [7, 11) is 0. The molecule has 0 atom stereocenters. The summed E-state index contributed by atoms with van der Waals surface area (Å²) < 4.78 is 11.1. The topological polar surface area (TPSA) is 60.5 Å². The van der Waals surface area contributed by atoms with Crippen LogP contribution < -0.4 is 10.1 Å². The Morgan fingerprint density at radius 3 is 2.79 bits per heavy atom. The van der Waals surface area contributed by atoms with Gasteiger partial charge in [0.1, 0.15) is 6.10 Å². The second-order valence-corrected chi connectivity index (χ2v) is 6.09. The summed E-state index contributed by atoms with van der Waals surface area (Å²) in [4.78, 5) is 16.6. The van der Waals surface area contributed by atoms with Crippen LogP contribution in [0.2, 0.25) is 5.02 Å². The van der Waals surface area contributed by atoms with Crippen molar-refractivity contribution in [2.75, 3.05) is 18.5 Å². The molecule has 1 N–H and O–H groups in total. The molecule has 0 radical (unpaired) electrons. The standard InChI is InChI=1S/C18H19ClN2O3/c1-12-15(19)3-2-4-16(12)21-18(22)13-5-6-17(20-11-13)24-14-7-9-23-10-8-14/h2-6,11,14H,7-10H2,1H3,(H,21,22). The van der Waals surface area contributed by atoms with E-state index in [9.17, 15) is 4.79 Å². The van der Waals surface area contributed by atoms with E-state index in [1.165, 1.54) is 6.20 Å². The van der Waals surface area contributed by atoms with Gasteiger partial charge in [-0.05, 0) is 30.7 Å². The number of nitrogens with one attached hydrogen (secondary N) is 1. The third kappa shape index (κ3) is 4.04. The van der Waals surface area contributed by atoms with E-state index in [0.717, 1.165) is 18.4 Å². The molecule has 5 nitrogen and oxygen atoms in total. The highest BCUT2D eigenvalue weighted by molar-refractivity contribution is 6.31. The van der Waals surface area contributed by atoms with Crippen molar-refractivity contribution in [2.45, 2.75) is 25.9 Å². The fraction of sp³-hybridized carbons (Fsp3) is 0.333. The molecule has 1 saturated heterocycles. The quantitative estimate of drug-likeness (QED) is 0.913. The van der Waals surface area contributed by atoms with Gasteiger partial charge >= 0.3 is 0 Å². The average molecular weight is 347 g/mol. The van der Waals surface area contributed by atoms with Crippen molar-refractivity contribution in [3.63, 3.8) is 0 Å². The van der Waals surface area contributed by atoms with E-state index in [1.807, 2.05) is 13.0 Å².